The van der Waals surface area contributed by atoms with Gasteiger partial charge in [-0.25, -0.2) is 23.1 Å². The maximum absolute atomic E-state index is 12.3. The van der Waals surface area contributed by atoms with Crippen LogP contribution in [-0.2, 0) is 16.4 Å². The molecule has 1 aliphatic rings. The molecule has 0 atom stereocenters. The molecule has 3 aromatic rings. The third-order valence-corrected chi connectivity index (χ3v) is 6.46. The molecule has 0 radical (unpaired) electrons. The summed E-state index contributed by atoms with van der Waals surface area (Å²) in [6.07, 6.45) is 8.01. The minimum atomic E-state index is -3.43. The van der Waals surface area contributed by atoms with Gasteiger partial charge in [-0.1, -0.05) is 12.1 Å². The summed E-state index contributed by atoms with van der Waals surface area (Å²) in [7, 11) is -3.43. The summed E-state index contributed by atoms with van der Waals surface area (Å²) < 4.78 is 29.2. The molecule has 2 heterocycles. The first-order chi connectivity index (χ1) is 13.8. The number of sulfonamides is 1. The summed E-state index contributed by atoms with van der Waals surface area (Å²) in [6, 6.07) is 7.31. The molecule has 4 rings (SSSR count). The van der Waals surface area contributed by atoms with Gasteiger partial charge in [-0.05, 0) is 56.9 Å². The number of aryl methyl sites for hydroxylation is 1. The van der Waals surface area contributed by atoms with Crippen molar-refractivity contribution in [2.45, 2.75) is 57.0 Å². The molecule has 1 N–H and O–H groups in total. The zero-order valence-corrected chi connectivity index (χ0v) is 17.6. The van der Waals surface area contributed by atoms with E-state index in [1.54, 1.807) is 12.1 Å². The molecule has 1 aromatic carbocycles. The fourth-order valence-electron chi connectivity index (χ4n) is 3.06. The molecule has 0 bridgehead atoms. The second kappa shape index (κ2) is 7.68. The molecule has 1 aliphatic carbocycles. The molecular formula is C21H25N5O2S. The summed E-state index contributed by atoms with van der Waals surface area (Å²) in [5.74, 6) is 0.689. The second-order valence-corrected chi connectivity index (χ2v) is 9.55. The van der Waals surface area contributed by atoms with E-state index in [4.69, 9.17) is 4.98 Å². The Morgan fingerprint density at radius 3 is 2.52 bits per heavy atom. The molecule has 1 saturated carbocycles. The Kier molecular flexibility index (Phi) is 5.23. The maximum Gasteiger partial charge on any atom is 0.240 e. The van der Waals surface area contributed by atoms with E-state index in [-0.39, 0.29) is 12.1 Å². The van der Waals surface area contributed by atoms with E-state index in [2.05, 4.69) is 28.7 Å². The highest BCUT2D eigenvalue weighted by atomic mass is 32.2. The lowest BCUT2D eigenvalue weighted by Gasteiger charge is -2.08. The van der Waals surface area contributed by atoms with Crippen LogP contribution in [-0.4, -0.2) is 34.2 Å². The van der Waals surface area contributed by atoms with Crippen molar-refractivity contribution < 1.29 is 8.42 Å². The Morgan fingerprint density at radius 1 is 1.17 bits per heavy atom. The summed E-state index contributed by atoms with van der Waals surface area (Å²) in [5.41, 5.74) is 3.79. The van der Waals surface area contributed by atoms with Crippen LogP contribution in [0.4, 0.5) is 0 Å². The van der Waals surface area contributed by atoms with Crippen LogP contribution in [0, 0.1) is 6.92 Å². The van der Waals surface area contributed by atoms with Crippen molar-refractivity contribution in [2.24, 2.45) is 0 Å². The second-order valence-electron chi connectivity index (χ2n) is 7.84. The van der Waals surface area contributed by atoms with Gasteiger partial charge in [-0.15, -0.1) is 0 Å². The summed E-state index contributed by atoms with van der Waals surface area (Å²) in [5, 5.41) is 4.40. The fourth-order valence-corrected chi connectivity index (χ4v) is 4.36. The maximum atomic E-state index is 12.3. The predicted octanol–water partition coefficient (Wildman–Crippen LogP) is 3.26. The molecule has 1 fully saturated rings. The van der Waals surface area contributed by atoms with Crippen molar-refractivity contribution in [1.82, 2.24) is 24.5 Å². The molecule has 8 heteroatoms. The molecule has 0 unspecified atom stereocenters. The normalized spacial score (nSPS) is 14.5. The molecule has 0 aliphatic heterocycles. The smallest absolute Gasteiger partial charge is 0.240 e. The number of nitrogens with one attached hydrogen (secondary N) is 1. The summed E-state index contributed by atoms with van der Waals surface area (Å²) >= 11 is 0. The van der Waals surface area contributed by atoms with Gasteiger partial charge in [-0.3, -0.25) is 4.68 Å². The van der Waals surface area contributed by atoms with Crippen LogP contribution < -0.4 is 4.72 Å². The molecule has 0 amide bonds. The average Bonchev–Trinajstić information content (AvgIpc) is 3.34. The SMILES string of the molecule is Cc1cnc(Cc2ccc(S(=O)(=O)NC3CC3)cc2)nc1-c1cnn(C(C)C)c1. The van der Waals surface area contributed by atoms with Gasteiger partial charge in [0.2, 0.25) is 10.0 Å². The van der Waals surface area contributed by atoms with Crippen molar-refractivity contribution in [3.63, 3.8) is 0 Å². The third kappa shape index (κ3) is 4.54. The first kappa shape index (κ1) is 19.7. The Morgan fingerprint density at radius 2 is 1.90 bits per heavy atom. The van der Waals surface area contributed by atoms with Gasteiger partial charge in [0.05, 0.1) is 16.8 Å². The Bertz CT molecular complexity index is 1120. The van der Waals surface area contributed by atoms with Gasteiger partial charge in [0.1, 0.15) is 5.82 Å². The quantitative estimate of drug-likeness (QED) is 0.644. The van der Waals surface area contributed by atoms with Crippen LogP contribution in [0.3, 0.4) is 0 Å². The van der Waals surface area contributed by atoms with E-state index < -0.39 is 10.0 Å². The van der Waals surface area contributed by atoms with Crippen LogP contribution in [0.25, 0.3) is 11.3 Å². The zero-order chi connectivity index (χ0) is 20.6. The fraction of sp³-hybridized carbons (Fsp3) is 0.381. The monoisotopic (exact) mass is 411 g/mol. The third-order valence-electron chi connectivity index (χ3n) is 4.92. The lowest BCUT2D eigenvalue weighted by atomic mass is 10.1. The highest BCUT2D eigenvalue weighted by Crippen LogP contribution is 2.24. The van der Waals surface area contributed by atoms with Crippen LogP contribution >= 0.6 is 0 Å². The van der Waals surface area contributed by atoms with Crippen LogP contribution in [0.5, 0.6) is 0 Å². The molecule has 0 spiro atoms. The molecule has 152 valence electrons. The van der Waals surface area contributed by atoms with E-state index >= 15 is 0 Å². The number of aromatic nitrogens is 4. The molecule has 2 aromatic heterocycles. The minimum absolute atomic E-state index is 0.0964. The topological polar surface area (TPSA) is 89.8 Å². The van der Waals surface area contributed by atoms with Crippen LogP contribution in [0.1, 0.15) is 49.7 Å². The number of hydrogen-bond acceptors (Lipinski definition) is 5. The highest BCUT2D eigenvalue weighted by Gasteiger charge is 2.27. The highest BCUT2D eigenvalue weighted by molar-refractivity contribution is 7.89. The lowest BCUT2D eigenvalue weighted by molar-refractivity contribution is 0.532. The molecule has 29 heavy (non-hydrogen) atoms. The first-order valence-corrected chi connectivity index (χ1v) is 11.3. The van der Waals surface area contributed by atoms with Crippen molar-refractivity contribution in [3.8, 4) is 11.3 Å². The standard InChI is InChI=1S/C21H25N5O2S/c1-14(2)26-13-17(12-23-26)21-15(3)11-22-20(24-21)10-16-4-8-19(9-5-16)29(27,28)25-18-6-7-18/h4-5,8-9,11-14,18,25H,6-7,10H2,1-3H3. The number of rotatable bonds is 7. The van der Waals surface area contributed by atoms with E-state index in [0.29, 0.717) is 17.1 Å². The zero-order valence-electron chi connectivity index (χ0n) is 16.8. The predicted molar refractivity (Wildman–Crippen MR) is 111 cm³/mol. The van der Waals surface area contributed by atoms with Crippen molar-refractivity contribution in [2.75, 3.05) is 0 Å². The van der Waals surface area contributed by atoms with Gasteiger partial charge in [0, 0.05) is 36.5 Å². The van der Waals surface area contributed by atoms with E-state index in [9.17, 15) is 8.42 Å². The molecule has 0 saturated heterocycles. The van der Waals surface area contributed by atoms with Crippen molar-refractivity contribution >= 4 is 10.0 Å². The molecule has 7 nitrogen and oxygen atoms in total. The minimum Gasteiger partial charge on any atom is -0.270 e. The number of benzene rings is 1. The summed E-state index contributed by atoms with van der Waals surface area (Å²) in [4.78, 5) is 9.48. The molecular weight excluding hydrogens is 386 g/mol. The van der Waals surface area contributed by atoms with Gasteiger partial charge < -0.3 is 0 Å². The number of hydrogen-bond donors (Lipinski definition) is 1. The Labute approximate surface area is 171 Å². The van der Waals surface area contributed by atoms with Crippen LogP contribution in [0.2, 0.25) is 0 Å². The number of nitrogens with zero attached hydrogens (tertiary/aromatic N) is 4. The average molecular weight is 412 g/mol. The van der Waals surface area contributed by atoms with E-state index in [1.807, 2.05) is 42.3 Å². The van der Waals surface area contributed by atoms with Gasteiger partial charge in [0.15, 0.2) is 0 Å². The van der Waals surface area contributed by atoms with Crippen LogP contribution in [0.15, 0.2) is 47.8 Å². The van der Waals surface area contributed by atoms with Gasteiger partial charge >= 0.3 is 0 Å². The van der Waals surface area contributed by atoms with E-state index in [0.717, 1.165) is 35.2 Å². The largest absolute Gasteiger partial charge is 0.270 e. The van der Waals surface area contributed by atoms with Gasteiger partial charge in [-0.2, -0.15) is 5.10 Å². The Balaban J connectivity index is 1.53. The lowest BCUT2D eigenvalue weighted by Crippen LogP contribution is -2.25. The van der Waals surface area contributed by atoms with Crippen molar-refractivity contribution in [3.05, 3.63) is 59.8 Å². The Hall–Kier alpha value is -2.58. The first-order valence-electron chi connectivity index (χ1n) is 9.80. The van der Waals surface area contributed by atoms with Gasteiger partial charge in [0.25, 0.3) is 0 Å². The summed E-state index contributed by atoms with van der Waals surface area (Å²) in [6.45, 7) is 6.15. The van der Waals surface area contributed by atoms with Crippen molar-refractivity contribution in [1.29, 1.82) is 0 Å². The van der Waals surface area contributed by atoms with E-state index in [1.165, 1.54) is 0 Å².